The maximum Gasteiger partial charge on any atom is 0.407 e. The molecular formula is C29H41ClN4O3. The van der Waals surface area contributed by atoms with E-state index < -0.39 is 5.60 Å². The number of ether oxygens (including phenoxy) is 1. The predicted molar refractivity (Wildman–Crippen MR) is 150 cm³/mol. The fourth-order valence-electron chi connectivity index (χ4n) is 5.74. The molecule has 2 aromatic rings. The number of nitrogens with one attached hydrogen (secondary N) is 3. The number of unbranched alkanes of at least 4 members (excludes halogenated alkanes) is 1. The molecule has 3 fully saturated rings. The summed E-state index contributed by atoms with van der Waals surface area (Å²) in [5, 5.41) is 11.0. The summed E-state index contributed by atoms with van der Waals surface area (Å²) in [5.41, 5.74) is 2.08. The molecule has 8 heteroatoms. The van der Waals surface area contributed by atoms with E-state index >= 15 is 0 Å². The van der Waals surface area contributed by atoms with E-state index in [1.54, 1.807) is 0 Å². The number of rotatable bonds is 9. The first-order valence-corrected chi connectivity index (χ1v) is 14.0. The van der Waals surface area contributed by atoms with Gasteiger partial charge in [0.25, 0.3) is 0 Å². The number of benzene rings is 1. The van der Waals surface area contributed by atoms with E-state index in [1.165, 1.54) is 0 Å². The van der Waals surface area contributed by atoms with Gasteiger partial charge in [-0.1, -0.05) is 43.1 Å². The van der Waals surface area contributed by atoms with Crippen LogP contribution in [-0.2, 0) is 9.53 Å². The number of aromatic nitrogens is 1. The van der Waals surface area contributed by atoms with Gasteiger partial charge in [-0.2, -0.15) is 0 Å². The second-order valence-corrected chi connectivity index (χ2v) is 12.4. The summed E-state index contributed by atoms with van der Waals surface area (Å²) in [4.78, 5) is 29.3. The van der Waals surface area contributed by atoms with E-state index in [-0.39, 0.29) is 22.8 Å². The van der Waals surface area contributed by atoms with Crippen molar-refractivity contribution >= 4 is 45.9 Å². The Bertz CT molecular complexity index is 1120. The fourth-order valence-corrected chi connectivity index (χ4v) is 5.97. The molecule has 0 atom stereocenters. The van der Waals surface area contributed by atoms with Crippen molar-refractivity contribution in [2.45, 2.75) is 91.1 Å². The van der Waals surface area contributed by atoms with Gasteiger partial charge in [-0.05, 0) is 82.6 Å². The van der Waals surface area contributed by atoms with Crippen molar-refractivity contribution in [3.8, 4) is 0 Å². The van der Waals surface area contributed by atoms with Gasteiger partial charge < -0.3 is 20.7 Å². The first kappa shape index (κ1) is 27.5. The van der Waals surface area contributed by atoms with Crippen LogP contribution in [0.2, 0.25) is 5.15 Å². The van der Waals surface area contributed by atoms with Gasteiger partial charge in [0.2, 0.25) is 5.91 Å². The summed E-state index contributed by atoms with van der Waals surface area (Å²) >= 11 is 6.59. The zero-order chi connectivity index (χ0) is 26.7. The third-order valence-corrected chi connectivity index (χ3v) is 8.35. The minimum Gasteiger partial charge on any atom is -0.444 e. The second kappa shape index (κ2) is 11.1. The van der Waals surface area contributed by atoms with Crippen LogP contribution in [0.5, 0.6) is 0 Å². The van der Waals surface area contributed by atoms with E-state index in [4.69, 9.17) is 16.3 Å². The lowest BCUT2D eigenvalue weighted by Gasteiger charge is -2.53. The minimum atomic E-state index is -0.490. The highest BCUT2D eigenvalue weighted by Crippen LogP contribution is 2.56. The molecule has 0 aliphatic heterocycles. The van der Waals surface area contributed by atoms with Gasteiger partial charge in [0.1, 0.15) is 11.3 Å². The van der Waals surface area contributed by atoms with Crippen molar-refractivity contribution in [2.24, 2.45) is 10.8 Å². The zero-order valence-electron chi connectivity index (χ0n) is 22.6. The van der Waals surface area contributed by atoms with Gasteiger partial charge in [-0.3, -0.25) is 4.79 Å². The number of fused-ring (bicyclic) bond motifs is 4. The number of carbonyl (C=O) groups excluding carboxylic acids is 2. The maximum absolute atomic E-state index is 12.6. The predicted octanol–water partition coefficient (Wildman–Crippen LogP) is 7.29. The lowest BCUT2D eigenvalue weighted by atomic mass is 9.53. The zero-order valence-corrected chi connectivity index (χ0v) is 23.4. The Kier molecular flexibility index (Phi) is 8.22. The molecule has 0 saturated heterocycles. The molecule has 3 N–H and O–H groups in total. The maximum atomic E-state index is 12.6. The Morgan fingerprint density at radius 2 is 1.62 bits per heavy atom. The molecule has 2 amide bonds. The number of alkyl carbamates (subject to hydrolysis) is 1. The van der Waals surface area contributed by atoms with Crippen LogP contribution >= 0.6 is 11.6 Å². The van der Waals surface area contributed by atoms with Crippen molar-refractivity contribution in [2.75, 3.05) is 23.7 Å². The summed E-state index contributed by atoms with van der Waals surface area (Å²) in [6, 6.07) is 7.90. The van der Waals surface area contributed by atoms with Crippen LogP contribution < -0.4 is 16.0 Å². The van der Waals surface area contributed by atoms with E-state index in [2.05, 4.69) is 27.9 Å². The minimum absolute atomic E-state index is 0.0420. The number of halogens is 1. The van der Waals surface area contributed by atoms with E-state index in [1.807, 2.05) is 45.0 Å². The van der Waals surface area contributed by atoms with Crippen molar-refractivity contribution in [1.82, 2.24) is 10.3 Å². The highest BCUT2D eigenvalue weighted by molar-refractivity contribution is 6.34. The van der Waals surface area contributed by atoms with Crippen LogP contribution in [0.1, 0.15) is 85.5 Å². The molecule has 1 aromatic carbocycles. The van der Waals surface area contributed by atoms with Gasteiger partial charge in [0, 0.05) is 24.9 Å². The first-order valence-electron chi connectivity index (χ1n) is 13.6. The molecule has 3 aliphatic carbocycles. The molecule has 3 saturated carbocycles. The van der Waals surface area contributed by atoms with Gasteiger partial charge >= 0.3 is 6.09 Å². The second-order valence-electron chi connectivity index (χ2n) is 12.0. The van der Waals surface area contributed by atoms with E-state index in [0.29, 0.717) is 23.8 Å². The quantitative estimate of drug-likeness (QED) is 0.297. The third kappa shape index (κ3) is 6.67. The Hall–Kier alpha value is -2.54. The van der Waals surface area contributed by atoms with Crippen LogP contribution in [0.4, 0.5) is 16.2 Å². The van der Waals surface area contributed by atoms with Gasteiger partial charge in [-0.25, -0.2) is 9.78 Å². The Labute approximate surface area is 225 Å². The molecule has 202 valence electrons. The summed E-state index contributed by atoms with van der Waals surface area (Å²) in [6.07, 6.45) is 8.49. The van der Waals surface area contributed by atoms with Crippen molar-refractivity contribution in [1.29, 1.82) is 0 Å². The average molecular weight is 529 g/mol. The number of amides is 2. The third-order valence-electron chi connectivity index (χ3n) is 8.07. The van der Waals surface area contributed by atoms with E-state index in [0.717, 1.165) is 74.5 Å². The van der Waals surface area contributed by atoms with Crippen LogP contribution in [-0.4, -0.2) is 35.7 Å². The standard InChI is InChI=1S/C29H41ClN4O3/c1-5-6-11-22(35)34-24-23(20-9-7-8-10-21(20)33-25(24)30)31-18-28-12-15-29(16-13-28,17-14-28)19-32-26(36)37-27(2,3)4/h7-10H,5-6,11-19H2,1-4H3,(H,31,33)(H,32,36)(H,34,35). The lowest BCUT2D eigenvalue weighted by molar-refractivity contribution is -0.116. The molecule has 1 heterocycles. The number of hydrogen-bond donors (Lipinski definition) is 3. The molecule has 37 heavy (non-hydrogen) atoms. The molecule has 0 spiro atoms. The number of hydrogen-bond acceptors (Lipinski definition) is 5. The van der Waals surface area contributed by atoms with Crippen molar-refractivity contribution < 1.29 is 14.3 Å². The SMILES string of the molecule is CCCCC(=O)Nc1c(Cl)nc2ccccc2c1NCC12CCC(CNC(=O)OC(C)(C)C)(CC1)CC2. The molecule has 7 nitrogen and oxygen atoms in total. The molecular weight excluding hydrogens is 488 g/mol. The number of pyridine rings is 1. The van der Waals surface area contributed by atoms with Crippen LogP contribution in [0.25, 0.3) is 10.9 Å². The van der Waals surface area contributed by atoms with Gasteiger partial charge in [-0.15, -0.1) is 0 Å². The summed E-state index contributed by atoms with van der Waals surface area (Å²) in [6.45, 7) is 9.20. The highest BCUT2D eigenvalue weighted by atomic mass is 35.5. The number of carbonyl (C=O) groups is 2. The Morgan fingerprint density at radius 1 is 1.00 bits per heavy atom. The summed E-state index contributed by atoms with van der Waals surface area (Å²) < 4.78 is 5.44. The fraction of sp³-hybridized carbons (Fsp3) is 0.621. The number of para-hydroxylation sites is 1. The molecule has 5 rings (SSSR count). The summed E-state index contributed by atoms with van der Waals surface area (Å²) in [7, 11) is 0. The van der Waals surface area contributed by atoms with Crippen molar-refractivity contribution in [3.05, 3.63) is 29.4 Å². The highest BCUT2D eigenvalue weighted by Gasteiger charge is 2.48. The van der Waals surface area contributed by atoms with Crippen molar-refractivity contribution in [3.63, 3.8) is 0 Å². The topological polar surface area (TPSA) is 92.4 Å². The van der Waals surface area contributed by atoms with Gasteiger partial charge in [0.05, 0.1) is 11.2 Å². The first-order chi connectivity index (χ1) is 17.5. The number of nitrogens with zero attached hydrogens (tertiary/aromatic N) is 1. The average Bonchev–Trinajstić information content (AvgIpc) is 2.86. The molecule has 0 unspecified atom stereocenters. The number of anilines is 2. The lowest BCUT2D eigenvalue weighted by Crippen LogP contribution is -2.50. The Morgan fingerprint density at radius 3 is 2.24 bits per heavy atom. The molecule has 2 bridgehead atoms. The molecule has 1 aromatic heterocycles. The normalized spacial score (nSPS) is 23.1. The largest absolute Gasteiger partial charge is 0.444 e. The van der Waals surface area contributed by atoms with E-state index in [9.17, 15) is 9.59 Å². The van der Waals surface area contributed by atoms with Crippen LogP contribution in [0, 0.1) is 10.8 Å². The smallest absolute Gasteiger partial charge is 0.407 e. The van der Waals surface area contributed by atoms with Crippen LogP contribution in [0.3, 0.4) is 0 Å². The summed E-state index contributed by atoms with van der Waals surface area (Å²) in [5.74, 6) is -0.0420. The monoisotopic (exact) mass is 528 g/mol. The Balaban J connectivity index is 1.45. The molecule has 3 aliphatic rings. The van der Waals surface area contributed by atoms with Gasteiger partial charge in [0.15, 0.2) is 5.15 Å². The molecule has 0 radical (unpaired) electrons. The van der Waals surface area contributed by atoms with Crippen LogP contribution in [0.15, 0.2) is 24.3 Å².